The number of alkyl halides is 2. The van der Waals surface area contributed by atoms with Gasteiger partial charge in [-0.05, 0) is 41.3 Å². The van der Waals surface area contributed by atoms with Crippen molar-refractivity contribution in [2.75, 3.05) is 0 Å². The van der Waals surface area contributed by atoms with Crippen molar-refractivity contribution in [1.29, 1.82) is 5.41 Å². The Morgan fingerprint density at radius 2 is 2.19 bits per heavy atom. The molecule has 0 radical (unpaired) electrons. The van der Waals surface area contributed by atoms with Gasteiger partial charge < -0.3 is 10.1 Å². The molecule has 1 aromatic rings. The first-order valence-corrected chi connectivity index (χ1v) is 4.85. The lowest BCUT2D eigenvalue weighted by Gasteiger charge is -2.09. The Balaban J connectivity index is 3.10. The zero-order valence-corrected chi connectivity index (χ0v) is 8.97. The summed E-state index contributed by atoms with van der Waals surface area (Å²) in [7, 11) is 0. The molecule has 0 heterocycles. The molecular weight excluding hydrogens is 212 g/mol. The Bertz CT molecular complexity index is 402. The van der Waals surface area contributed by atoms with Crippen LogP contribution in [0.2, 0.25) is 0 Å². The molecule has 0 aliphatic carbocycles. The minimum atomic E-state index is -2.86. The fourth-order valence-electron chi connectivity index (χ4n) is 1.28. The van der Waals surface area contributed by atoms with Crippen LogP contribution in [0, 0.1) is 5.41 Å². The van der Waals surface area contributed by atoms with E-state index < -0.39 is 6.61 Å². The second-order valence-corrected chi connectivity index (χ2v) is 3.27. The van der Waals surface area contributed by atoms with Crippen LogP contribution in [0.1, 0.15) is 24.5 Å². The molecule has 0 atom stereocenters. The smallest absolute Gasteiger partial charge is 0.387 e. The van der Waals surface area contributed by atoms with Crippen molar-refractivity contribution in [3.63, 3.8) is 0 Å². The van der Waals surface area contributed by atoms with E-state index >= 15 is 0 Å². The molecule has 1 N–H and O–H groups in total. The third-order valence-corrected chi connectivity index (χ3v) is 2.16. The second-order valence-electron chi connectivity index (χ2n) is 3.27. The molecule has 4 heteroatoms. The number of hydrogen-bond donors (Lipinski definition) is 1. The Labute approximate surface area is 93.1 Å². The van der Waals surface area contributed by atoms with Crippen LogP contribution in [0.25, 0.3) is 5.57 Å². The predicted octanol–water partition coefficient (Wildman–Crippen LogP) is 3.71. The number of benzene rings is 1. The summed E-state index contributed by atoms with van der Waals surface area (Å²) in [4.78, 5) is 0. The quantitative estimate of drug-likeness (QED) is 0.761. The molecule has 0 amide bonds. The highest BCUT2D eigenvalue weighted by Gasteiger charge is 2.07. The number of ether oxygens (including phenoxy) is 1. The van der Waals surface area contributed by atoms with E-state index in [2.05, 4.69) is 11.3 Å². The van der Waals surface area contributed by atoms with Gasteiger partial charge in [0.25, 0.3) is 0 Å². The standard InChI is InChI=1S/C12H13F2NO/c1-3-8(2)10-4-9(7-15)5-11(6-10)16-12(13)14/h4-7,12,15H,2-3H2,1H3. The number of allylic oxidation sites excluding steroid dienone is 1. The van der Waals surface area contributed by atoms with Crippen molar-refractivity contribution in [3.05, 3.63) is 35.9 Å². The van der Waals surface area contributed by atoms with Crippen molar-refractivity contribution in [1.82, 2.24) is 0 Å². The van der Waals surface area contributed by atoms with Crippen LogP contribution in [0.3, 0.4) is 0 Å². The van der Waals surface area contributed by atoms with Crippen molar-refractivity contribution < 1.29 is 13.5 Å². The topological polar surface area (TPSA) is 33.1 Å². The molecule has 86 valence electrons. The van der Waals surface area contributed by atoms with Gasteiger partial charge in [0.2, 0.25) is 0 Å². The average molecular weight is 225 g/mol. The summed E-state index contributed by atoms with van der Waals surface area (Å²) < 4.78 is 28.5. The number of nitrogens with one attached hydrogen (secondary N) is 1. The number of hydrogen-bond acceptors (Lipinski definition) is 2. The predicted molar refractivity (Wildman–Crippen MR) is 60.3 cm³/mol. The highest BCUT2D eigenvalue weighted by atomic mass is 19.3. The van der Waals surface area contributed by atoms with Gasteiger partial charge in [-0.3, -0.25) is 0 Å². The maximum atomic E-state index is 12.1. The van der Waals surface area contributed by atoms with E-state index in [1.807, 2.05) is 6.92 Å². The normalized spacial score (nSPS) is 10.2. The summed E-state index contributed by atoms with van der Waals surface area (Å²) in [5.74, 6) is 0.0561. The van der Waals surface area contributed by atoms with E-state index in [1.165, 1.54) is 12.1 Å². The van der Waals surface area contributed by atoms with Gasteiger partial charge in [-0.1, -0.05) is 13.5 Å². The van der Waals surface area contributed by atoms with Gasteiger partial charge in [0.05, 0.1) is 0 Å². The molecule has 0 aromatic heterocycles. The Morgan fingerprint density at radius 1 is 1.50 bits per heavy atom. The van der Waals surface area contributed by atoms with E-state index in [1.54, 1.807) is 6.07 Å². The summed E-state index contributed by atoms with van der Waals surface area (Å²) in [5.41, 5.74) is 2.06. The Kier molecular flexibility index (Phi) is 4.17. The zero-order valence-electron chi connectivity index (χ0n) is 8.97. The zero-order chi connectivity index (χ0) is 12.1. The fourth-order valence-corrected chi connectivity index (χ4v) is 1.28. The van der Waals surface area contributed by atoms with Crippen molar-refractivity contribution in [2.24, 2.45) is 0 Å². The number of halogens is 2. The molecule has 16 heavy (non-hydrogen) atoms. The van der Waals surface area contributed by atoms with Gasteiger partial charge in [0.1, 0.15) is 5.75 Å². The third kappa shape index (κ3) is 3.15. The first-order valence-electron chi connectivity index (χ1n) is 4.85. The van der Waals surface area contributed by atoms with E-state index in [4.69, 9.17) is 5.41 Å². The van der Waals surface area contributed by atoms with E-state index in [-0.39, 0.29) is 5.75 Å². The van der Waals surface area contributed by atoms with Gasteiger partial charge in [0.15, 0.2) is 0 Å². The summed E-state index contributed by atoms with van der Waals surface area (Å²) in [6, 6.07) is 4.62. The molecular formula is C12H13F2NO. The molecule has 1 rings (SSSR count). The van der Waals surface area contributed by atoms with Crippen LogP contribution < -0.4 is 4.74 Å². The van der Waals surface area contributed by atoms with E-state index in [9.17, 15) is 8.78 Å². The van der Waals surface area contributed by atoms with Gasteiger partial charge in [0, 0.05) is 6.21 Å². The second kappa shape index (κ2) is 5.39. The highest BCUT2D eigenvalue weighted by Crippen LogP contribution is 2.24. The SMILES string of the molecule is C=C(CC)c1cc(C=N)cc(OC(F)F)c1. The van der Waals surface area contributed by atoms with Crippen molar-refractivity contribution in [3.8, 4) is 5.75 Å². The Morgan fingerprint density at radius 3 is 2.69 bits per heavy atom. The van der Waals surface area contributed by atoms with Crippen molar-refractivity contribution in [2.45, 2.75) is 20.0 Å². The first-order chi connectivity index (χ1) is 7.56. The molecule has 0 spiro atoms. The monoisotopic (exact) mass is 225 g/mol. The molecule has 2 nitrogen and oxygen atoms in total. The minimum Gasteiger partial charge on any atom is -0.435 e. The third-order valence-electron chi connectivity index (χ3n) is 2.16. The summed E-state index contributed by atoms with van der Waals surface area (Å²) in [5, 5.41) is 7.12. The molecule has 0 bridgehead atoms. The average Bonchev–Trinajstić information content (AvgIpc) is 2.26. The fraction of sp³-hybridized carbons (Fsp3) is 0.250. The lowest BCUT2D eigenvalue weighted by molar-refractivity contribution is -0.0498. The van der Waals surface area contributed by atoms with Gasteiger partial charge in [-0.25, -0.2) is 0 Å². The van der Waals surface area contributed by atoms with Crippen LogP contribution in [0.5, 0.6) is 5.75 Å². The molecule has 0 fully saturated rings. The summed E-state index contributed by atoms with van der Waals surface area (Å²) in [6.07, 6.45) is 1.81. The van der Waals surface area contributed by atoms with Crippen molar-refractivity contribution >= 4 is 11.8 Å². The number of rotatable bonds is 5. The van der Waals surface area contributed by atoms with E-state index in [0.29, 0.717) is 5.56 Å². The minimum absolute atomic E-state index is 0.0561. The molecule has 0 saturated heterocycles. The molecule has 0 aliphatic rings. The van der Waals surface area contributed by atoms with E-state index in [0.717, 1.165) is 23.8 Å². The van der Waals surface area contributed by atoms with Crippen LogP contribution in [0.15, 0.2) is 24.8 Å². The van der Waals surface area contributed by atoms with Gasteiger partial charge >= 0.3 is 6.61 Å². The molecule has 0 unspecified atom stereocenters. The van der Waals surface area contributed by atoms with Crippen LogP contribution in [-0.4, -0.2) is 12.8 Å². The maximum absolute atomic E-state index is 12.1. The van der Waals surface area contributed by atoms with Crippen LogP contribution >= 0.6 is 0 Å². The van der Waals surface area contributed by atoms with Crippen LogP contribution in [0.4, 0.5) is 8.78 Å². The summed E-state index contributed by atoms with van der Waals surface area (Å²) in [6.45, 7) is 2.89. The van der Waals surface area contributed by atoms with Crippen LogP contribution in [-0.2, 0) is 0 Å². The van der Waals surface area contributed by atoms with Gasteiger partial charge in [-0.2, -0.15) is 8.78 Å². The Hall–Kier alpha value is -1.71. The maximum Gasteiger partial charge on any atom is 0.387 e. The molecule has 0 saturated carbocycles. The first kappa shape index (κ1) is 12.4. The molecule has 1 aromatic carbocycles. The highest BCUT2D eigenvalue weighted by molar-refractivity contribution is 5.80. The lowest BCUT2D eigenvalue weighted by atomic mass is 10.0. The summed E-state index contributed by atoms with van der Waals surface area (Å²) >= 11 is 0. The lowest BCUT2D eigenvalue weighted by Crippen LogP contribution is -2.03. The largest absolute Gasteiger partial charge is 0.435 e. The van der Waals surface area contributed by atoms with Gasteiger partial charge in [-0.15, -0.1) is 0 Å². The molecule has 0 aliphatic heterocycles.